The van der Waals surface area contributed by atoms with E-state index in [0.29, 0.717) is 39.3 Å². The van der Waals surface area contributed by atoms with Gasteiger partial charge < -0.3 is 15.4 Å². The molecule has 0 aliphatic rings. The maximum Gasteiger partial charge on any atom is 0.255 e. The highest BCUT2D eigenvalue weighted by Gasteiger charge is 2.12. The van der Waals surface area contributed by atoms with Crippen LogP contribution >= 0.6 is 27.5 Å². The molecule has 2 N–H and O–H groups in total. The van der Waals surface area contributed by atoms with Gasteiger partial charge in [-0.15, -0.1) is 0 Å². The van der Waals surface area contributed by atoms with Crippen LogP contribution in [-0.4, -0.2) is 18.4 Å². The zero-order chi connectivity index (χ0) is 22.4. The lowest BCUT2D eigenvalue weighted by molar-refractivity contribution is 0.101. The van der Waals surface area contributed by atoms with Gasteiger partial charge in [-0.1, -0.05) is 24.6 Å². The monoisotopic (exact) mass is 504 g/mol. The summed E-state index contributed by atoms with van der Waals surface area (Å²) in [5, 5.41) is 5.33. The van der Waals surface area contributed by atoms with Gasteiger partial charge in [0.2, 0.25) is 0 Å². The molecular formula is C23H19BrClFN2O3. The fraction of sp³-hybridized carbons (Fsp3) is 0.130. The Morgan fingerprint density at radius 2 is 1.65 bits per heavy atom. The van der Waals surface area contributed by atoms with E-state index < -0.39 is 11.7 Å². The summed E-state index contributed by atoms with van der Waals surface area (Å²) in [7, 11) is 0. The molecule has 0 bridgehead atoms. The number of anilines is 2. The van der Waals surface area contributed by atoms with Crippen LogP contribution in [-0.2, 0) is 0 Å². The quantitative estimate of drug-likeness (QED) is 0.383. The molecule has 8 heteroatoms. The van der Waals surface area contributed by atoms with Gasteiger partial charge in [-0.25, -0.2) is 4.39 Å². The minimum atomic E-state index is -0.569. The lowest BCUT2D eigenvalue weighted by Gasteiger charge is -2.11. The molecule has 0 saturated carbocycles. The van der Waals surface area contributed by atoms with Gasteiger partial charge >= 0.3 is 0 Å². The van der Waals surface area contributed by atoms with Gasteiger partial charge in [0, 0.05) is 22.5 Å². The number of carbonyl (C=O) groups is 2. The Hall–Kier alpha value is -2.90. The summed E-state index contributed by atoms with van der Waals surface area (Å²) in [5.74, 6) is -0.650. The summed E-state index contributed by atoms with van der Waals surface area (Å²) >= 11 is 9.16. The van der Waals surface area contributed by atoms with Crippen LogP contribution in [0.25, 0.3) is 0 Å². The van der Waals surface area contributed by atoms with Crippen LogP contribution in [0.2, 0.25) is 5.02 Å². The fourth-order valence-corrected chi connectivity index (χ4v) is 3.36. The van der Waals surface area contributed by atoms with E-state index in [-0.39, 0.29) is 10.9 Å². The zero-order valence-electron chi connectivity index (χ0n) is 16.5. The number of ether oxygens (including phenoxy) is 1. The van der Waals surface area contributed by atoms with E-state index in [1.54, 1.807) is 42.5 Å². The first-order valence-electron chi connectivity index (χ1n) is 9.47. The Bertz CT molecular complexity index is 1120. The molecule has 0 radical (unpaired) electrons. The molecule has 3 aromatic carbocycles. The molecule has 5 nitrogen and oxygen atoms in total. The summed E-state index contributed by atoms with van der Waals surface area (Å²) in [6, 6.07) is 15.5. The van der Waals surface area contributed by atoms with E-state index >= 15 is 0 Å². The van der Waals surface area contributed by atoms with Crippen LogP contribution in [0.1, 0.15) is 34.1 Å². The highest BCUT2D eigenvalue weighted by molar-refractivity contribution is 9.10. The topological polar surface area (TPSA) is 67.4 Å². The predicted octanol–water partition coefficient (Wildman–Crippen LogP) is 6.54. The average molecular weight is 506 g/mol. The molecule has 0 spiro atoms. The van der Waals surface area contributed by atoms with Crippen LogP contribution < -0.4 is 15.4 Å². The number of nitrogens with one attached hydrogen (secondary N) is 2. The molecule has 160 valence electrons. The van der Waals surface area contributed by atoms with E-state index in [1.807, 2.05) is 6.92 Å². The minimum absolute atomic E-state index is 0.0870. The van der Waals surface area contributed by atoms with Crippen molar-refractivity contribution in [2.45, 2.75) is 13.3 Å². The van der Waals surface area contributed by atoms with Crippen molar-refractivity contribution in [3.63, 3.8) is 0 Å². The van der Waals surface area contributed by atoms with Gasteiger partial charge in [-0.2, -0.15) is 0 Å². The summed E-state index contributed by atoms with van der Waals surface area (Å²) in [5.41, 5.74) is 1.58. The molecule has 0 aromatic heterocycles. The van der Waals surface area contributed by atoms with Crippen LogP contribution in [0.3, 0.4) is 0 Å². The molecule has 0 unspecified atom stereocenters. The SMILES string of the molecule is CCCOc1ccc(C(=O)Nc2cccc(C(=O)Nc3ccc(F)c(Cl)c3)c2)cc1Br. The molecule has 0 saturated heterocycles. The van der Waals surface area contributed by atoms with Crippen LogP contribution in [0.15, 0.2) is 65.1 Å². The third-order valence-electron chi connectivity index (χ3n) is 4.22. The molecule has 0 atom stereocenters. The average Bonchev–Trinajstić information content (AvgIpc) is 2.75. The molecule has 0 aliphatic heterocycles. The molecule has 3 rings (SSSR count). The van der Waals surface area contributed by atoms with Crippen molar-refractivity contribution in [1.82, 2.24) is 0 Å². The summed E-state index contributed by atoms with van der Waals surface area (Å²) in [6.07, 6.45) is 0.882. The Labute approximate surface area is 192 Å². The van der Waals surface area contributed by atoms with E-state index in [0.717, 1.165) is 6.42 Å². The number of amides is 2. The second-order valence-corrected chi connectivity index (χ2v) is 7.87. The Balaban J connectivity index is 1.69. The van der Waals surface area contributed by atoms with E-state index in [4.69, 9.17) is 16.3 Å². The second kappa shape index (κ2) is 10.4. The fourth-order valence-electron chi connectivity index (χ4n) is 2.69. The highest BCUT2D eigenvalue weighted by atomic mass is 79.9. The maximum absolute atomic E-state index is 13.3. The smallest absolute Gasteiger partial charge is 0.255 e. The van der Waals surface area contributed by atoms with E-state index in [9.17, 15) is 14.0 Å². The van der Waals surface area contributed by atoms with Crippen molar-refractivity contribution in [3.8, 4) is 5.75 Å². The number of benzene rings is 3. The normalized spacial score (nSPS) is 10.5. The summed E-state index contributed by atoms with van der Waals surface area (Å²) in [6.45, 7) is 2.60. The minimum Gasteiger partial charge on any atom is -0.492 e. The van der Waals surface area contributed by atoms with Crippen molar-refractivity contribution in [3.05, 3.63) is 87.1 Å². The molecule has 2 amide bonds. The van der Waals surface area contributed by atoms with Gasteiger partial charge in [0.1, 0.15) is 11.6 Å². The van der Waals surface area contributed by atoms with Gasteiger partial charge in [-0.05, 0) is 76.9 Å². The lowest BCUT2D eigenvalue weighted by atomic mass is 10.1. The number of halogens is 3. The Kier molecular flexibility index (Phi) is 7.65. The first-order valence-corrected chi connectivity index (χ1v) is 10.6. The summed E-state index contributed by atoms with van der Waals surface area (Å²) in [4.78, 5) is 25.1. The maximum atomic E-state index is 13.3. The van der Waals surface area contributed by atoms with Crippen molar-refractivity contribution >= 4 is 50.7 Å². The van der Waals surface area contributed by atoms with E-state index in [2.05, 4.69) is 26.6 Å². The molecular weight excluding hydrogens is 487 g/mol. The third kappa shape index (κ3) is 6.06. The number of hydrogen-bond acceptors (Lipinski definition) is 3. The summed E-state index contributed by atoms with van der Waals surface area (Å²) < 4.78 is 19.6. The van der Waals surface area contributed by atoms with E-state index in [1.165, 1.54) is 18.2 Å². The first-order chi connectivity index (χ1) is 14.9. The van der Waals surface area contributed by atoms with Crippen molar-refractivity contribution in [2.75, 3.05) is 17.2 Å². The highest BCUT2D eigenvalue weighted by Crippen LogP contribution is 2.27. The van der Waals surface area contributed by atoms with Gasteiger partial charge in [0.15, 0.2) is 0 Å². The van der Waals surface area contributed by atoms with Crippen molar-refractivity contribution < 1.29 is 18.7 Å². The number of hydrogen-bond donors (Lipinski definition) is 2. The molecule has 3 aromatic rings. The molecule has 0 heterocycles. The van der Waals surface area contributed by atoms with Crippen molar-refractivity contribution in [1.29, 1.82) is 0 Å². The van der Waals surface area contributed by atoms with Gasteiger partial charge in [-0.3, -0.25) is 9.59 Å². The predicted molar refractivity (Wildman–Crippen MR) is 124 cm³/mol. The Morgan fingerprint density at radius 3 is 2.29 bits per heavy atom. The van der Waals surface area contributed by atoms with Gasteiger partial charge in [0.25, 0.3) is 11.8 Å². The van der Waals surface area contributed by atoms with Crippen LogP contribution in [0, 0.1) is 5.82 Å². The molecule has 31 heavy (non-hydrogen) atoms. The largest absolute Gasteiger partial charge is 0.492 e. The first kappa shape index (κ1) is 22.8. The molecule has 0 aliphatic carbocycles. The Morgan fingerprint density at radius 1 is 0.968 bits per heavy atom. The lowest BCUT2D eigenvalue weighted by Crippen LogP contribution is -2.15. The number of carbonyl (C=O) groups excluding carboxylic acids is 2. The van der Waals surface area contributed by atoms with Gasteiger partial charge in [0.05, 0.1) is 16.1 Å². The third-order valence-corrected chi connectivity index (χ3v) is 5.13. The van der Waals surface area contributed by atoms with Crippen molar-refractivity contribution in [2.24, 2.45) is 0 Å². The standard InChI is InChI=1S/C23H19BrClFN2O3/c1-2-10-31-21-9-6-15(12-18(21)24)23(30)27-16-5-3-4-14(11-16)22(29)28-17-7-8-20(26)19(25)13-17/h3-9,11-13H,2,10H2,1H3,(H,27,30)(H,28,29). The number of rotatable bonds is 7. The second-order valence-electron chi connectivity index (χ2n) is 6.61. The molecule has 0 fully saturated rings. The zero-order valence-corrected chi connectivity index (χ0v) is 18.9. The van der Waals surface area contributed by atoms with Crippen LogP contribution in [0.4, 0.5) is 15.8 Å². The van der Waals surface area contributed by atoms with Crippen LogP contribution in [0.5, 0.6) is 5.75 Å².